The van der Waals surface area contributed by atoms with Crippen molar-refractivity contribution in [3.05, 3.63) is 5.82 Å². The molecule has 0 saturated heterocycles. The summed E-state index contributed by atoms with van der Waals surface area (Å²) >= 11 is 1.15. The Kier molecular flexibility index (Phi) is 3.98. The summed E-state index contributed by atoms with van der Waals surface area (Å²) in [4.78, 5) is 25.2. The fourth-order valence-electron chi connectivity index (χ4n) is 0.761. The topological polar surface area (TPSA) is 104 Å². The summed E-state index contributed by atoms with van der Waals surface area (Å²) in [6.45, 7) is 1.35. The van der Waals surface area contributed by atoms with Gasteiger partial charge in [0, 0.05) is 11.5 Å². The number of hydrogen-bond donors (Lipinski definition) is 3. The predicted octanol–water partition coefficient (Wildman–Crippen LogP) is -0.541. The molecule has 0 aliphatic rings. The van der Waals surface area contributed by atoms with E-state index in [-0.39, 0.29) is 13.1 Å². The maximum atomic E-state index is 11.0. The lowest BCUT2D eigenvalue weighted by molar-refractivity contribution is -0.137. The molecule has 0 fully saturated rings. The minimum Gasteiger partial charge on any atom is -0.480 e. The van der Waals surface area contributed by atoms with Crippen LogP contribution in [0.4, 0.5) is 5.13 Å². The molecular weight excluding hydrogens is 220 g/mol. The van der Waals surface area contributed by atoms with E-state index in [2.05, 4.69) is 20.0 Å². The molecule has 1 amide bonds. The van der Waals surface area contributed by atoms with E-state index in [0.29, 0.717) is 11.0 Å². The van der Waals surface area contributed by atoms with E-state index in [1.807, 2.05) is 0 Å². The number of aromatic nitrogens is 2. The molecule has 1 rings (SSSR count). The fraction of sp³-hybridized carbons (Fsp3) is 0.429. The number of amides is 1. The van der Waals surface area contributed by atoms with E-state index in [0.717, 1.165) is 11.5 Å². The van der Waals surface area contributed by atoms with Crippen LogP contribution in [0.1, 0.15) is 5.82 Å². The van der Waals surface area contributed by atoms with E-state index >= 15 is 0 Å². The van der Waals surface area contributed by atoms with Gasteiger partial charge in [-0.15, -0.1) is 0 Å². The summed E-state index contributed by atoms with van der Waals surface area (Å²) in [6.07, 6.45) is 0. The summed E-state index contributed by atoms with van der Waals surface area (Å²) in [6, 6.07) is 0. The predicted molar refractivity (Wildman–Crippen MR) is 53.8 cm³/mol. The number of carboxylic acid groups (broad SMARTS) is 1. The van der Waals surface area contributed by atoms with Gasteiger partial charge in [0.25, 0.3) is 0 Å². The summed E-state index contributed by atoms with van der Waals surface area (Å²) in [5, 5.41) is 13.8. The van der Waals surface area contributed by atoms with Gasteiger partial charge in [-0.3, -0.25) is 9.59 Å². The van der Waals surface area contributed by atoms with Crippen LogP contribution in [-0.4, -0.2) is 39.4 Å². The highest BCUT2D eigenvalue weighted by Crippen LogP contribution is 2.08. The Bertz CT molecular complexity index is 365. The van der Waals surface area contributed by atoms with Gasteiger partial charge in [0.2, 0.25) is 11.0 Å². The van der Waals surface area contributed by atoms with Gasteiger partial charge in [-0.25, -0.2) is 4.98 Å². The second-order valence-electron chi connectivity index (χ2n) is 2.67. The number of hydrogen-bond acceptors (Lipinski definition) is 6. The minimum atomic E-state index is -1.07. The number of aryl methyl sites for hydroxylation is 1. The first-order valence-corrected chi connectivity index (χ1v) is 4.88. The Morgan fingerprint density at radius 3 is 2.73 bits per heavy atom. The monoisotopic (exact) mass is 230 g/mol. The van der Waals surface area contributed by atoms with Crippen molar-refractivity contribution in [2.24, 2.45) is 0 Å². The van der Waals surface area contributed by atoms with Crippen LogP contribution in [0.3, 0.4) is 0 Å². The van der Waals surface area contributed by atoms with Crippen molar-refractivity contribution >= 4 is 28.5 Å². The zero-order valence-electron chi connectivity index (χ0n) is 7.98. The number of rotatable bonds is 5. The van der Waals surface area contributed by atoms with E-state index in [4.69, 9.17) is 5.11 Å². The molecule has 0 unspecified atom stereocenters. The van der Waals surface area contributed by atoms with E-state index < -0.39 is 11.9 Å². The van der Waals surface area contributed by atoms with Crippen LogP contribution in [0.2, 0.25) is 0 Å². The lowest BCUT2D eigenvalue weighted by Gasteiger charge is -2.02. The van der Waals surface area contributed by atoms with E-state index in [1.54, 1.807) is 6.92 Å². The van der Waals surface area contributed by atoms with Crippen molar-refractivity contribution in [3.8, 4) is 0 Å². The number of nitrogens with zero attached hydrogens (tertiary/aromatic N) is 2. The minimum absolute atomic E-state index is 0.0120. The maximum absolute atomic E-state index is 11.0. The number of carbonyl (C=O) groups excluding carboxylic acids is 1. The molecule has 0 aliphatic heterocycles. The quantitative estimate of drug-likeness (QED) is 0.627. The Labute approximate surface area is 89.7 Å². The molecule has 0 radical (unpaired) electrons. The highest BCUT2D eigenvalue weighted by Gasteiger charge is 2.05. The highest BCUT2D eigenvalue weighted by molar-refractivity contribution is 7.09. The summed E-state index contributed by atoms with van der Waals surface area (Å²) < 4.78 is 3.91. The second kappa shape index (κ2) is 5.25. The molecule has 0 bridgehead atoms. The average Bonchev–Trinajstić information content (AvgIpc) is 2.58. The molecule has 0 aliphatic carbocycles. The van der Waals surface area contributed by atoms with Crippen molar-refractivity contribution in [2.45, 2.75) is 6.92 Å². The van der Waals surface area contributed by atoms with Crippen molar-refractivity contribution in [1.82, 2.24) is 14.7 Å². The normalized spacial score (nSPS) is 9.67. The van der Waals surface area contributed by atoms with Gasteiger partial charge in [0.15, 0.2) is 0 Å². The number of nitrogens with one attached hydrogen (secondary N) is 2. The molecule has 3 N–H and O–H groups in total. The molecule has 7 nitrogen and oxygen atoms in total. The van der Waals surface area contributed by atoms with Crippen LogP contribution >= 0.6 is 11.5 Å². The molecule has 1 aromatic heterocycles. The summed E-state index contributed by atoms with van der Waals surface area (Å²) in [5.74, 6) is -0.839. The third-order valence-electron chi connectivity index (χ3n) is 1.36. The molecule has 0 aromatic carbocycles. The number of aliphatic carboxylic acids is 1. The Hall–Kier alpha value is -1.70. The van der Waals surface area contributed by atoms with Gasteiger partial charge >= 0.3 is 5.97 Å². The zero-order chi connectivity index (χ0) is 11.3. The Balaban J connectivity index is 2.25. The zero-order valence-corrected chi connectivity index (χ0v) is 8.80. The van der Waals surface area contributed by atoms with Crippen molar-refractivity contribution < 1.29 is 14.7 Å². The highest BCUT2D eigenvalue weighted by atomic mass is 32.1. The number of carboxylic acids is 1. The molecule has 0 spiro atoms. The lowest BCUT2D eigenvalue weighted by Crippen LogP contribution is -2.33. The molecule has 15 heavy (non-hydrogen) atoms. The van der Waals surface area contributed by atoms with Gasteiger partial charge < -0.3 is 15.7 Å². The average molecular weight is 230 g/mol. The maximum Gasteiger partial charge on any atom is 0.322 e. The first kappa shape index (κ1) is 11.4. The second-order valence-corrected chi connectivity index (χ2v) is 3.42. The summed E-state index contributed by atoms with van der Waals surface area (Å²) in [5.41, 5.74) is 0. The van der Waals surface area contributed by atoms with Crippen LogP contribution in [-0.2, 0) is 9.59 Å². The largest absolute Gasteiger partial charge is 0.480 e. The van der Waals surface area contributed by atoms with Gasteiger partial charge in [0.1, 0.15) is 12.4 Å². The molecule has 1 heterocycles. The third-order valence-corrected chi connectivity index (χ3v) is 2.13. The van der Waals surface area contributed by atoms with Crippen molar-refractivity contribution in [3.63, 3.8) is 0 Å². The smallest absolute Gasteiger partial charge is 0.322 e. The molecular formula is C7H10N4O3S. The molecule has 0 atom stereocenters. The van der Waals surface area contributed by atoms with Gasteiger partial charge in [-0.2, -0.15) is 4.37 Å². The van der Waals surface area contributed by atoms with Gasteiger partial charge in [-0.05, 0) is 6.92 Å². The molecule has 8 heteroatoms. The standard InChI is InChI=1S/C7H10N4O3S/c1-4-10-7(15-11-4)9-2-5(12)8-3-6(13)14/h2-3H2,1H3,(H,8,12)(H,13,14)(H,9,10,11). The van der Waals surface area contributed by atoms with E-state index in [1.165, 1.54) is 0 Å². The van der Waals surface area contributed by atoms with Gasteiger partial charge in [0.05, 0.1) is 6.54 Å². The molecule has 82 valence electrons. The summed E-state index contributed by atoms with van der Waals surface area (Å²) in [7, 11) is 0. The number of carbonyl (C=O) groups is 2. The Morgan fingerprint density at radius 1 is 1.47 bits per heavy atom. The number of anilines is 1. The Morgan fingerprint density at radius 2 is 2.20 bits per heavy atom. The van der Waals surface area contributed by atoms with Crippen LogP contribution < -0.4 is 10.6 Å². The fourth-order valence-corrected chi connectivity index (χ4v) is 1.33. The van der Waals surface area contributed by atoms with E-state index in [9.17, 15) is 9.59 Å². The van der Waals surface area contributed by atoms with Crippen LogP contribution in [0, 0.1) is 6.92 Å². The third kappa shape index (κ3) is 4.36. The van der Waals surface area contributed by atoms with Crippen molar-refractivity contribution in [1.29, 1.82) is 0 Å². The van der Waals surface area contributed by atoms with Crippen LogP contribution in [0.25, 0.3) is 0 Å². The lowest BCUT2D eigenvalue weighted by atomic mass is 10.5. The molecule has 0 saturated carbocycles. The van der Waals surface area contributed by atoms with Gasteiger partial charge in [-0.1, -0.05) is 0 Å². The first-order valence-electron chi connectivity index (χ1n) is 4.10. The SMILES string of the molecule is Cc1nsc(NCC(=O)NCC(=O)O)n1. The molecule has 1 aromatic rings. The van der Waals surface area contributed by atoms with Crippen LogP contribution in [0.15, 0.2) is 0 Å². The first-order chi connectivity index (χ1) is 7.08. The van der Waals surface area contributed by atoms with Crippen LogP contribution in [0.5, 0.6) is 0 Å². The van der Waals surface area contributed by atoms with Crippen molar-refractivity contribution in [2.75, 3.05) is 18.4 Å².